The van der Waals surface area contributed by atoms with E-state index in [1.54, 1.807) is 13.8 Å². The van der Waals surface area contributed by atoms with Crippen molar-refractivity contribution in [2.75, 3.05) is 6.54 Å². The van der Waals surface area contributed by atoms with Gasteiger partial charge >= 0.3 is 18.9 Å². The fourth-order valence-corrected chi connectivity index (χ4v) is 0. The Morgan fingerprint density at radius 2 is 1.71 bits per heavy atom. The van der Waals surface area contributed by atoms with Crippen molar-refractivity contribution in [1.82, 2.24) is 0 Å². The molecule has 0 bridgehead atoms. The van der Waals surface area contributed by atoms with Gasteiger partial charge in [-0.1, -0.05) is 13.8 Å². The van der Waals surface area contributed by atoms with E-state index in [0.717, 1.165) is 0 Å². The van der Waals surface area contributed by atoms with Crippen LogP contribution < -0.4 is 29.7 Å². The fourth-order valence-electron chi connectivity index (χ4n) is 0. The molecule has 0 aliphatic rings. The molecule has 0 saturated carbocycles. The fraction of sp³-hybridized carbons (Fsp3) is 1.00. The first-order valence-electron chi connectivity index (χ1n) is 1.97. The molecule has 0 rings (SSSR count). The summed E-state index contributed by atoms with van der Waals surface area (Å²) in [6.07, 6.45) is 0. The minimum absolute atomic E-state index is 0. The first-order valence-corrected chi connectivity index (χ1v) is 1.97. The van der Waals surface area contributed by atoms with Gasteiger partial charge in [0, 0.05) is 0 Å². The second kappa shape index (κ2) is 3.51. The quantitative estimate of drug-likeness (QED) is 0.338. The maximum Gasteiger partial charge on any atom is 1.00 e. The molecule has 0 fully saturated rings. The zero-order valence-corrected chi connectivity index (χ0v) is 5.19. The van der Waals surface area contributed by atoms with Gasteiger partial charge in [0.25, 0.3) is 0 Å². The van der Waals surface area contributed by atoms with Gasteiger partial charge in [-0.15, -0.1) is 5.60 Å². The summed E-state index contributed by atoms with van der Waals surface area (Å²) in [5.41, 5.74) is 4.06. The van der Waals surface area contributed by atoms with Crippen LogP contribution in [0, 0.1) is 0 Å². The van der Waals surface area contributed by atoms with E-state index in [2.05, 4.69) is 0 Å². The molecule has 0 unspecified atom stereocenters. The summed E-state index contributed by atoms with van der Waals surface area (Å²) >= 11 is 0. The minimum Gasteiger partial charge on any atom is -0.849 e. The van der Waals surface area contributed by atoms with Gasteiger partial charge in [-0.25, -0.2) is 0 Å². The van der Waals surface area contributed by atoms with Gasteiger partial charge in [0.05, 0.1) is 0 Å². The van der Waals surface area contributed by atoms with Crippen molar-refractivity contribution in [2.24, 2.45) is 5.73 Å². The van der Waals surface area contributed by atoms with Crippen LogP contribution in [0.4, 0.5) is 0 Å². The Morgan fingerprint density at radius 1 is 1.57 bits per heavy atom. The van der Waals surface area contributed by atoms with Crippen LogP contribution in [0.3, 0.4) is 0 Å². The minimum atomic E-state index is -0.931. The van der Waals surface area contributed by atoms with E-state index in [0.29, 0.717) is 0 Å². The summed E-state index contributed by atoms with van der Waals surface area (Å²) in [4.78, 5) is 0. The number of hydrogen-bond acceptors (Lipinski definition) is 2. The van der Waals surface area contributed by atoms with Crippen molar-refractivity contribution >= 4 is 0 Å². The van der Waals surface area contributed by atoms with Crippen LogP contribution in [0.5, 0.6) is 0 Å². The van der Waals surface area contributed by atoms with Gasteiger partial charge in [0.2, 0.25) is 0 Å². The molecule has 0 heterocycles. The van der Waals surface area contributed by atoms with E-state index in [1.165, 1.54) is 0 Å². The van der Waals surface area contributed by atoms with Crippen molar-refractivity contribution in [3.05, 3.63) is 0 Å². The predicted molar refractivity (Wildman–Crippen MR) is 23.1 cm³/mol. The van der Waals surface area contributed by atoms with E-state index in [1.807, 2.05) is 0 Å². The van der Waals surface area contributed by atoms with Crippen LogP contribution in [-0.2, 0) is 0 Å². The second-order valence-electron chi connectivity index (χ2n) is 1.96. The molecular weight excluding hydrogens is 85.0 g/mol. The average Bonchev–Trinajstić information content (AvgIpc) is 1.35. The Labute approximate surface area is 56.3 Å². The van der Waals surface area contributed by atoms with Gasteiger partial charge in [0.15, 0.2) is 0 Å². The summed E-state index contributed by atoms with van der Waals surface area (Å²) in [6, 6.07) is 0. The molecule has 3 heteroatoms. The third-order valence-corrected chi connectivity index (χ3v) is 0.492. The molecule has 2 nitrogen and oxygen atoms in total. The Balaban J connectivity index is 0. The molecule has 0 amide bonds. The van der Waals surface area contributed by atoms with Crippen LogP contribution in [0.25, 0.3) is 0 Å². The zero-order valence-electron chi connectivity index (χ0n) is 5.19. The second-order valence-corrected chi connectivity index (χ2v) is 1.96. The van der Waals surface area contributed by atoms with Crippen LogP contribution >= 0.6 is 0 Å². The number of rotatable bonds is 1. The van der Waals surface area contributed by atoms with Crippen molar-refractivity contribution in [3.8, 4) is 0 Å². The smallest absolute Gasteiger partial charge is 0.849 e. The molecule has 0 atom stereocenters. The first kappa shape index (κ1) is 10.5. The molecule has 0 spiro atoms. The summed E-state index contributed by atoms with van der Waals surface area (Å²) in [6.45, 7) is 3.34. The van der Waals surface area contributed by atoms with Crippen LogP contribution in [-0.4, -0.2) is 12.1 Å². The molecule has 0 aliphatic carbocycles. The molecule has 0 radical (unpaired) electrons. The third kappa shape index (κ3) is 10.7. The Hall–Kier alpha value is 0.517. The zero-order chi connectivity index (χ0) is 5.21. The Bertz CT molecular complexity index is 41.4. The summed E-state index contributed by atoms with van der Waals surface area (Å²) in [5.74, 6) is 0. The van der Waals surface area contributed by atoms with Crippen molar-refractivity contribution in [2.45, 2.75) is 19.4 Å². The molecular formula is C4H10LiNO. The monoisotopic (exact) mass is 95.1 g/mol. The van der Waals surface area contributed by atoms with Gasteiger partial charge in [-0.3, -0.25) is 0 Å². The van der Waals surface area contributed by atoms with E-state index in [-0.39, 0.29) is 25.4 Å². The van der Waals surface area contributed by atoms with Gasteiger partial charge in [-0.2, -0.15) is 0 Å². The summed E-state index contributed by atoms with van der Waals surface area (Å²) in [5, 5.41) is 10.3. The first-order chi connectivity index (χ1) is 2.56. The summed E-state index contributed by atoms with van der Waals surface area (Å²) < 4.78 is 0. The van der Waals surface area contributed by atoms with Crippen LogP contribution in [0.2, 0.25) is 0 Å². The number of nitrogens with two attached hydrogens (primary N) is 1. The maximum absolute atomic E-state index is 10.3. The largest absolute Gasteiger partial charge is 1.00 e. The van der Waals surface area contributed by atoms with E-state index in [9.17, 15) is 5.11 Å². The molecule has 2 N–H and O–H groups in total. The van der Waals surface area contributed by atoms with Gasteiger partial charge in [0.1, 0.15) is 0 Å². The molecule has 0 aromatic heterocycles. The average molecular weight is 95.1 g/mol. The van der Waals surface area contributed by atoms with Crippen molar-refractivity contribution in [3.63, 3.8) is 0 Å². The molecule has 0 aromatic rings. The van der Waals surface area contributed by atoms with E-state index >= 15 is 0 Å². The predicted octanol–water partition coefficient (Wildman–Crippen LogP) is -3.91. The molecule has 7 heavy (non-hydrogen) atoms. The van der Waals surface area contributed by atoms with E-state index < -0.39 is 5.60 Å². The number of hydrogen-bond donors (Lipinski definition) is 1. The van der Waals surface area contributed by atoms with Crippen LogP contribution in [0.15, 0.2) is 0 Å². The summed E-state index contributed by atoms with van der Waals surface area (Å²) in [7, 11) is 0. The normalized spacial score (nSPS) is 10.3. The third-order valence-electron chi connectivity index (χ3n) is 0.492. The molecule has 0 aromatic carbocycles. The van der Waals surface area contributed by atoms with E-state index in [4.69, 9.17) is 5.73 Å². The van der Waals surface area contributed by atoms with Crippen molar-refractivity contribution < 1.29 is 24.0 Å². The molecule has 38 valence electrons. The maximum atomic E-state index is 10.3. The van der Waals surface area contributed by atoms with Crippen molar-refractivity contribution in [1.29, 1.82) is 0 Å². The van der Waals surface area contributed by atoms with Gasteiger partial charge < -0.3 is 10.8 Å². The molecule has 0 saturated heterocycles. The van der Waals surface area contributed by atoms with Gasteiger partial charge in [-0.05, 0) is 6.54 Å². The molecule has 0 aliphatic heterocycles. The van der Waals surface area contributed by atoms with Crippen LogP contribution in [0.1, 0.15) is 13.8 Å². The Kier molecular flexibility index (Phi) is 5.26. The topological polar surface area (TPSA) is 49.1 Å². The standard InChI is InChI=1S/C4H10NO.Li/c1-4(2,6)3-5;/h3,5H2,1-2H3;/q-1;+1. The Morgan fingerprint density at radius 3 is 1.71 bits per heavy atom. The SMILES string of the molecule is CC(C)([O-])CN.[Li+].